The number of carbonyl (C=O) groups excluding carboxylic acids is 1. The number of rotatable bonds is 4. The van der Waals surface area contributed by atoms with Gasteiger partial charge in [0.1, 0.15) is 17.8 Å². The Kier molecular flexibility index (Phi) is 5.05. The van der Waals surface area contributed by atoms with Gasteiger partial charge in [-0.2, -0.15) is 0 Å². The predicted octanol–water partition coefficient (Wildman–Crippen LogP) is -0.124. The van der Waals surface area contributed by atoms with Crippen LogP contribution in [0.5, 0.6) is 0 Å². The average molecular weight is 324 g/mol. The molecule has 4 atom stereocenters. The molecule has 0 bridgehead atoms. The monoisotopic (exact) mass is 324 g/mol. The molecule has 1 saturated heterocycles. The molecule has 2 heterocycles. The van der Waals surface area contributed by atoms with E-state index in [4.69, 9.17) is 4.74 Å². The van der Waals surface area contributed by atoms with E-state index < -0.39 is 30.6 Å². The fraction of sp³-hybridized carbons (Fsp3) is 0.625. The fourth-order valence-corrected chi connectivity index (χ4v) is 2.93. The van der Waals surface area contributed by atoms with Gasteiger partial charge in [-0.05, 0) is 38.0 Å². The molecule has 1 amide bonds. The number of amides is 1. The van der Waals surface area contributed by atoms with Gasteiger partial charge in [0.2, 0.25) is 5.91 Å². The van der Waals surface area contributed by atoms with Crippen molar-refractivity contribution >= 4 is 5.91 Å². The lowest BCUT2D eigenvalue weighted by atomic mass is 9.95. The highest BCUT2D eigenvalue weighted by molar-refractivity contribution is 5.73. The van der Waals surface area contributed by atoms with E-state index in [1.807, 2.05) is 19.9 Å². The highest BCUT2D eigenvalue weighted by Crippen LogP contribution is 2.34. The molecule has 0 aliphatic carbocycles. The summed E-state index contributed by atoms with van der Waals surface area (Å²) in [6.45, 7) is 6.30. The molecule has 1 aliphatic heterocycles. The van der Waals surface area contributed by atoms with Crippen LogP contribution in [0.3, 0.4) is 0 Å². The minimum Gasteiger partial charge on any atom is -0.394 e. The Morgan fingerprint density at radius 2 is 2.13 bits per heavy atom. The Hall–Kier alpha value is -1.54. The second-order valence-electron chi connectivity index (χ2n) is 6.22. The maximum Gasteiger partial charge on any atom is 0.221 e. The lowest BCUT2D eigenvalue weighted by Gasteiger charge is -2.35. The second kappa shape index (κ2) is 6.52. The Balaban J connectivity index is 2.34. The minimum absolute atomic E-state index is 0.201. The third kappa shape index (κ3) is 3.23. The van der Waals surface area contributed by atoms with Crippen molar-refractivity contribution in [3.05, 3.63) is 29.1 Å². The van der Waals surface area contributed by atoms with E-state index in [2.05, 4.69) is 4.98 Å². The molecule has 23 heavy (non-hydrogen) atoms. The predicted molar refractivity (Wildman–Crippen MR) is 82.3 cm³/mol. The molecular formula is C16H24N2O5. The van der Waals surface area contributed by atoms with Crippen LogP contribution in [0.1, 0.15) is 30.7 Å². The summed E-state index contributed by atoms with van der Waals surface area (Å²) in [6, 6.07) is 1.85. The first-order chi connectivity index (χ1) is 10.7. The van der Waals surface area contributed by atoms with Gasteiger partial charge in [-0.3, -0.25) is 9.78 Å². The third-order valence-electron chi connectivity index (χ3n) is 4.46. The van der Waals surface area contributed by atoms with Gasteiger partial charge in [-0.1, -0.05) is 0 Å². The molecule has 128 valence electrons. The van der Waals surface area contributed by atoms with Gasteiger partial charge in [-0.25, -0.2) is 0 Å². The quantitative estimate of drug-likeness (QED) is 0.713. The number of hydrogen-bond acceptors (Lipinski definition) is 6. The summed E-state index contributed by atoms with van der Waals surface area (Å²) in [5.41, 5.74) is 0.945. The van der Waals surface area contributed by atoms with Crippen LogP contribution in [0, 0.1) is 13.8 Å². The number of aliphatic hydroxyl groups excluding tert-OH is 2. The van der Waals surface area contributed by atoms with E-state index in [1.165, 1.54) is 18.7 Å². The molecular weight excluding hydrogens is 300 g/mol. The minimum atomic E-state index is -1.68. The van der Waals surface area contributed by atoms with Crippen LogP contribution in [0.4, 0.5) is 0 Å². The normalized spacial score (nSPS) is 30.5. The summed E-state index contributed by atoms with van der Waals surface area (Å²) in [5, 5.41) is 29.9. The van der Waals surface area contributed by atoms with Crippen LogP contribution in [0.25, 0.3) is 0 Å². The Morgan fingerprint density at radius 1 is 1.48 bits per heavy atom. The van der Waals surface area contributed by atoms with Crippen molar-refractivity contribution in [1.82, 2.24) is 9.88 Å². The molecule has 7 nitrogen and oxygen atoms in total. The zero-order chi connectivity index (χ0) is 17.4. The summed E-state index contributed by atoms with van der Waals surface area (Å²) in [4.78, 5) is 17.7. The van der Waals surface area contributed by atoms with Gasteiger partial charge < -0.3 is 25.0 Å². The zero-order valence-corrected chi connectivity index (χ0v) is 13.9. The van der Waals surface area contributed by atoms with Gasteiger partial charge in [0.25, 0.3) is 0 Å². The summed E-state index contributed by atoms with van der Waals surface area (Å²) in [7, 11) is 0. The smallest absolute Gasteiger partial charge is 0.221 e. The first kappa shape index (κ1) is 17.8. The van der Waals surface area contributed by atoms with E-state index in [0.29, 0.717) is 0 Å². The Morgan fingerprint density at radius 3 is 2.61 bits per heavy atom. The maximum absolute atomic E-state index is 12.1. The van der Waals surface area contributed by atoms with E-state index in [0.717, 1.165) is 16.8 Å². The number of pyridine rings is 1. The third-order valence-corrected chi connectivity index (χ3v) is 4.46. The summed E-state index contributed by atoms with van der Waals surface area (Å²) in [6.07, 6.45) is -1.57. The van der Waals surface area contributed by atoms with Crippen molar-refractivity contribution in [1.29, 1.82) is 0 Å². The highest BCUT2D eigenvalue weighted by Gasteiger charge is 2.54. The number of aryl methyl sites for hydroxylation is 2. The van der Waals surface area contributed by atoms with Gasteiger partial charge in [0.05, 0.1) is 13.2 Å². The van der Waals surface area contributed by atoms with Crippen molar-refractivity contribution in [2.75, 3.05) is 6.61 Å². The van der Waals surface area contributed by atoms with Crippen LogP contribution in [0.2, 0.25) is 0 Å². The maximum atomic E-state index is 12.1. The molecule has 7 heteroatoms. The number of aromatic nitrogens is 1. The molecule has 0 aromatic carbocycles. The molecule has 0 radical (unpaired) electrons. The standard InChI is InChI=1S/C16H24N2O5/c1-9-5-6-17-10(2)12(9)7-18(11(3)20)15-16(4,22)14(21)13(8-19)23-15/h5-6,13-15,19,21-22H,7-8H2,1-4H3/t13-,14-,15-,16-/m1/s1. The second-order valence-corrected chi connectivity index (χ2v) is 6.22. The van der Waals surface area contributed by atoms with Crippen molar-refractivity contribution < 1.29 is 24.9 Å². The summed E-state index contributed by atoms with van der Waals surface area (Å²) in [5.74, 6) is -0.302. The molecule has 1 fully saturated rings. The van der Waals surface area contributed by atoms with Crippen molar-refractivity contribution in [2.24, 2.45) is 0 Å². The van der Waals surface area contributed by atoms with Crippen molar-refractivity contribution in [3.63, 3.8) is 0 Å². The SMILES string of the molecule is CC(=O)N(Cc1c(C)ccnc1C)[C@@H]1O[C@H](CO)[C@@H](O)[C@@]1(C)O. The number of hydrogen-bond donors (Lipinski definition) is 3. The van der Waals surface area contributed by atoms with Crippen molar-refractivity contribution in [2.45, 2.75) is 58.3 Å². The van der Waals surface area contributed by atoms with E-state index in [9.17, 15) is 20.1 Å². The molecule has 0 unspecified atom stereocenters. The van der Waals surface area contributed by atoms with Crippen LogP contribution >= 0.6 is 0 Å². The number of carbonyl (C=O) groups is 1. The molecule has 1 aromatic heterocycles. The molecule has 3 N–H and O–H groups in total. The molecule has 2 rings (SSSR count). The van der Waals surface area contributed by atoms with Gasteiger partial charge in [0.15, 0.2) is 6.23 Å². The van der Waals surface area contributed by atoms with Crippen molar-refractivity contribution in [3.8, 4) is 0 Å². The first-order valence-corrected chi connectivity index (χ1v) is 7.55. The van der Waals surface area contributed by atoms with Gasteiger partial charge in [-0.15, -0.1) is 0 Å². The Bertz CT molecular complexity index is 570. The fourth-order valence-electron chi connectivity index (χ4n) is 2.93. The van der Waals surface area contributed by atoms with E-state index >= 15 is 0 Å². The number of aliphatic hydroxyl groups is 3. The number of nitrogens with zero attached hydrogens (tertiary/aromatic N) is 2. The molecule has 1 aromatic rings. The largest absolute Gasteiger partial charge is 0.394 e. The van der Waals surface area contributed by atoms with Crippen LogP contribution in [0.15, 0.2) is 12.3 Å². The van der Waals surface area contributed by atoms with Crippen LogP contribution < -0.4 is 0 Å². The van der Waals surface area contributed by atoms with E-state index in [-0.39, 0.29) is 12.5 Å². The lowest BCUT2D eigenvalue weighted by molar-refractivity contribution is -0.165. The topological polar surface area (TPSA) is 103 Å². The van der Waals surface area contributed by atoms with Crippen LogP contribution in [-0.2, 0) is 16.1 Å². The summed E-state index contributed by atoms with van der Waals surface area (Å²) >= 11 is 0. The van der Waals surface area contributed by atoms with Gasteiger partial charge >= 0.3 is 0 Å². The summed E-state index contributed by atoms with van der Waals surface area (Å²) < 4.78 is 5.55. The molecule has 1 aliphatic rings. The van der Waals surface area contributed by atoms with Gasteiger partial charge in [0, 0.05) is 18.8 Å². The Labute approximate surface area is 135 Å². The average Bonchev–Trinajstić information content (AvgIpc) is 2.69. The first-order valence-electron chi connectivity index (χ1n) is 7.55. The van der Waals surface area contributed by atoms with E-state index in [1.54, 1.807) is 6.20 Å². The highest BCUT2D eigenvalue weighted by atomic mass is 16.6. The number of ether oxygens (including phenoxy) is 1. The lowest BCUT2D eigenvalue weighted by Crippen LogP contribution is -2.54. The molecule has 0 spiro atoms. The molecule has 0 saturated carbocycles. The van der Waals surface area contributed by atoms with Crippen LogP contribution in [-0.4, -0.2) is 61.8 Å². The zero-order valence-electron chi connectivity index (χ0n) is 13.9.